The molecule has 0 spiro atoms. The predicted molar refractivity (Wildman–Crippen MR) is 106 cm³/mol. The number of aromatic nitrogens is 2. The lowest BCUT2D eigenvalue weighted by Gasteiger charge is -2.19. The number of likely N-dealkylation sites (tertiary alicyclic amines) is 1. The molecule has 0 bridgehead atoms. The number of imide groups is 1. The van der Waals surface area contributed by atoms with Gasteiger partial charge in [0.1, 0.15) is 11.4 Å². The van der Waals surface area contributed by atoms with Gasteiger partial charge in [-0.1, -0.05) is 12.8 Å². The van der Waals surface area contributed by atoms with Crippen LogP contribution in [0.1, 0.15) is 55.0 Å². The van der Waals surface area contributed by atoms with Crippen LogP contribution in [-0.2, 0) is 19.1 Å². The van der Waals surface area contributed by atoms with Crippen molar-refractivity contribution in [3.63, 3.8) is 0 Å². The first kappa shape index (κ1) is 19.8. The standard InChI is InChI=1S/C20H23N3O5S/c1-9-11(3)29-18-15(9)17(25)21-16(22-18)10(2)28-14(24)8-23-19(26)12-6-4-5-7-13(12)20(23)27/h10,12-13H,4-8H2,1-3H3,(H,21,22,25)/t10-,12-,13+/m0/s1. The molecule has 2 amide bonds. The summed E-state index contributed by atoms with van der Waals surface area (Å²) in [6, 6.07) is 0. The van der Waals surface area contributed by atoms with Gasteiger partial charge in [0, 0.05) is 4.88 Å². The van der Waals surface area contributed by atoms with E-state index in [0.29, 0.717) is 23.1 Å². The average Bonchev–Trinajstić information content (AvgIpc) is 3.10. The van der Waals surface area contributed by atoms with Crippen LogP contribution in [0.4, 0.5) is 0 Å². The van der Waals surface area contributed by atoms with Crippen LogP contribution in [0, 0.1) is 25.7 Å². The molecular weight excluding hydrogens is 394 g/mol. The van der Waals surface area contributed by atoms with Crippen molar-refractivity contribution in [2.75, 3.05) is 6.54 Å². The Labute approximate surface area is 171 Å². The Bertz CT molecular complexity index is 1050. The van der Waals surface area contributed by atoms with Crippen molar-refractivity contribution in [2.24, 2.45) is 11.8 Å². The molecule has 8 nitrogen and oxygen atoms in total. The predicted octanol–water partition coefficient (Wildman–Crippen LogP) is 2.38. The molecule has 9 heteroatoms. The monoisotopic (exact) mass is 417 g/mol. The fourth-order valence-electron chi connectivity index (χ4n) is 4.27. The molecule has 2 aromatic heterocycles. The summed E-state index contributed by atoms with van der Waals surface area (Å²) in [7, 11) is 0. The Balaban J connectivity index is 1.47. The summed E-state index contributed by atoms with van der Waals surface area (Å²) in [5.74, 6) is -1.60. The summed E-state index contributed by atoms with van der Waals surface area (Å²) in [6.07, 6.45) is 2.44. The van der Waals surface area contributed by atoms with Gasteiger partial charge in [0.2, 0.25) is 11.8 Å². The molecule has 0 radical (unpaired) electrons. The minimum atomic E-state index is -0.808. The van der Waals surface area contributed by atoms with Crippen molar-refractivity contribution in [3.8, 4) is 0 Å². The Morgan fingerprint density at radius 2 is 1.83 bits per heavy atom. The van der Waals surface area contributed by atoms with Crippen LogP contribution in [0.5, 0.6) is 0 Å². The highest BCUT2D eigenvalue weighted by Crippen LogP contribution is 2.38. The number of ether oxygens (including phenoxy) is 1. The SMILES string of the molecule is Cc1sc2nc([C@H](C)OC(=O)CN3C(=O)[C@H]4CCCC[C@H]4C3=O)[nH]c(=O)c2c1C. The molecule has 4 rings (SSSR count). The lowest BCUT2D eigenvalue weighted by atomic mass is 9.81. The average molecular weight is 417 g/mol. The van der Waals surface area contributed by atoms with Crippen LogP contribution >= 0.6 is 11.3 Å². The van der Waals surface area contributed by atoms with Gasteiger partial charge in [-0.15, -0.1) is 11.3 Å². The first-order valence-corrected chi connectivity index (χ1v) is 10.6. The molecule has 1 aliphatic carbocycles. The highest BCUT2D eigenvalue weighted by Gasteiger charge is 2.48. The van der Waals surface area contributed by atoms with Crippen molar-refractivity contribution >= 4 is 39.3 Å². The van der Waals surface area contributed by atoms with E-state index in [1.165, 1.54) is 11.3 Å². The Morgan fingerprint density at radius 3 is 2.45 bits per heavy atom. The third-order valence-corrected chi connectivity index (χ3v) is 7.07. The molecule has 2 aromatic rings. The van der Waals surface area contributed by atoms with E-state index in [4.69, 9.17) is 4.74 Å². The van der Waals surface area contributed by atoms with E-state index in [0.717, 1.165) is 28.2 Å². The minimum Gasteiger partial charge on any atom is -0.453 e. The van der Waals surface area contributed by atoms with Gasteiger partial charge in [0.05, 0.1) is 17.2 Å². The maximum Gasteiger partial charge on any atom is 0.326 e. The normalized spacial score (nSPS) is 22.8. The van der Waals surface area contributed by atoms with Crippen LogP contribution < -0.4 is 5.56 Å². The number of thiophene rings is 1. The lowest BCUT2D eigenvalue weighted by molar-refractivity contribution is -0.156. The molecule has 1 saturated heterocycles. The molecule has 3 atom stereocenters. The molecule has 29 heavy (non-hydrogen) atoms. The third-order valence-electron chi connectivity index (χ3n) is 5.97. The Morgan fingerprint density at radius 1 is 1.21 bits per heavy atom. The molecule has 2 fully saturated rings. The van der Waals surface area contributed by atoms with Gasteiger partial charge in [0.25, 0.3) is 5.56 Å². The van der Waals surface area contributed by atoms with Crippen LogP contribution in [0.3, 0.4) is 0 Å². The maximum atomic E-state index is 12.5. The quantitative estimate of drug-likeness (QED) is 0.604. The van der Waals surface area contributed by atoms with Gasteiger partial charge in [-0.25, -0.2) is 4.98 Å². The number of nitrogens with zero attached hydrogens (tertiary/aromatic N) is 2. The Kier molecular flexibility index (Phi) is 5.02. The number of carbonyl (C=O) groups excluding carboxylic acids is 3. The summed E-state index contributed by atoms with van der Waals surface area (Å²) in [6.45, 7) is 4.99. The molecule has 2 aliphatic rings. The fourth-order valence-corrected chi connectivity index (χ4v) is 5.31. The molecule has 1 saturated carbocycles. The van der Waals surface area contributed by atoms with Gasteiger partial charge in [0.15, 0.2) is 11.9 Å². The largest absolute Gasteiger partial charge is 0.453 e. The summed E-state index contributed by atoms with van der Waals surface area (Å²) in [4.78, 5) is 59.6. The van der Waals surface area contributed by atoms with Crippen LogP contribution in [0.2, 0.25) is 0 Å². The summed E-state index contributed by atoms with van der Waals surface area (Å²) in [5.41, 5.74) is 0.617. The van der Waals surface area contributed by atoms with E-state index in [9.17, 15) is 19.2 Å². The zero-order chi connectivity index (χ0) is 20.9. The van der Waals surface area contributed by atoms with Gasteiger partial charge in [-0.3, -0.25) is 24.1 Å². The number of aromatic amines is 1. The third kappa shape index (κ3) is 3.37. The Hall–Kier alpha value is -2.55. The number of fused-ring (bicyclic) bond motifs is 2. The summed E-state index contributed by atoms with van der Waals surface area (Å²) < 4.78 is 5.38. The molecular formula is C20H23N3O5S. The van der Waals surface area contributed by atoms with Crippen LogP contribution in [0.25, 0.3) is 10.2 Å². The highest BCUT2D eigenvalue weighted by molar-refractivity contribution is 7.18. The van der Waals surface area contributed by atoms with Crippen LogP contribution in [0.15, 0.2) is 4.79 Å². The minimum absolute atomic E-state index is 0.241. The summed E-state index contributed by atoms with van der Waals surface area (Å²) >= 11 is 1.41. The molecule has 3 heterocycles. The van der Waals surface area contributed by atoms with Crippen molar-refractivity contribution in [1.82, 2.24) is 14.9 Å². The van der Waals surface area contributed by atoms with Crippen molar-refractivity contribution in [1.29, 1.82) is 0 Å². The van der Waals surface area contributed by atoms with E-state index in [1.807, 2.05) is 13.8 Å². The zero-order valence-electron chi connectivity index (χ0n) is 16.6. The smallest absolute Gasteiger partial charge is 0.326 e. The number of H-pyrrole nitrogens is 1. The number of esters is 1. The molecule has 0 aromatic carbocycles. The molecule has 0 unspecified atom stereocenters. The van der Waals surface area contributed by atoms with E-state index in [1.54, 1.807) is 6.92 Å². The first-order chi connectivity index (χ1) is 13.8. The van der Waals surface area contributed by atoms with Gasteiger partial charge in [-0.05, 0) is 39.2 Å². The van der Waals surface area contributed by atoms with Crippen LogP contribution in [-0.4, -0.2) is 39.2 Å². The second-order valence-corrected chi connectivity index (χ2v) is 9.01. The number of hydrogen-bond donors (Lipinski definition) is 1. The second-order valence-electron chi connectivity index (χ2n) is 7.81. The van der Waals surface area contributed by atoms with Gasteiger partial charge >= 0.3 is 5.97 Å². The maximum absolute atomic E-state index is 12.5. The lowest BCUT2D eigenvalue weighted by Crippen LogP contribution is -2.37. The highest BCUT2D eigenvalue weighted by atomic mass is 32.1. The van der Waals surface area contributed by atoms with Crippen molar-refractivity contribution < 1.29 is 19.1 Å². The zero-order valence-corrected chi connectivity index (χ0v) is 17.4. The van der Waals surface area contributed by atoms with Gasteiger partial charge < -0.3 is 9.72 Å². The number of hydrogen-bond acceptors (Lipinski definition) is 7. The molecule has 1 N–H and O–H groups in total. The number of rotatable bonds is 4. The van der Waals surface area contributed by atoms with E-state index >= 15 is 0 Å². The number of nitrogens with one attached hydrogen (secondary N) is 1. The van der Waals surface area contributed by atoms with E-state index in [2.05, 4.69) is 9.97 Å². The first-order valence-electron chi connectivity index (χ1n) is 9.82. The second kappa shape index (κ2) is 7.37. The molecule has 154 valence electrons. The van der Waals surface area contributed by atoms with E-state index in [-0.39, 0.29) is 35.0 Å². The van der Waals surface area contributed by atoms with Gasteiger partial charge in [-0.2, -0.15) is 0 Å². The van der Waals surface area contributed by atoms with E-state index < -0.39 is 18.6 Å². The number of amides is 2. The topological polar surface area (TPSA) is 109 Å². The fraction of sp³-hybridized carbons (Fsp3) is 0.550. The molecule has 1 aliphatic heterocycles. The summed E-state index contributed by atoms with van der Waals surface area (Å²) in [5, 5.41) is 0.547. The van der Waals surface area contributed by atoms with Crippen molar-refractivity contribution in [2.45, 2.75) is 52.6 Å². The number of aryl methyl sites for hydroxylation is 2. The number of carbonyl (C=O) groups is 3. The van der Waals surface area contributed by atoms with Crippen molar-refractivity contribution in [3.05, 3.63) is 26.6 Å².